The highest BCUT2D eigenvalue weighted by atomic mass is 16.5. The second-order valence-corrected chi connectivity index (χ2v) is 5.00. The molecule has 1 aliphatic heterocycles. The van der Waals surface area contributed by atoms with Gasteiger partial charge in [0.05, 0.1) is 6.10 Å². The minimum Gasteiger partial charge on any atom is -0.508 e. The number of hydrogen-bond donors (Lipinski definition) is 5. The van der Waals surface area contributed by atoms with E-state index in [1.807, 2.05) is 27.7 Å². The summed E-state index contributed by atoms with van der Waals surface area (Å²) in [6.45, 7) is 8.00. The van der Waals surface area contributed by atoms with Crippen LogP contribution < -0.4 is 4.74 Å². The zero-order valence-electron chi connectivity index (χ0n) is 14.9. The summed E-state index contributed by atoms with van der Waals surface area (Å²) in [4.78, 5) is 0. The highest BCUT2D eigenvalue weighted by Crippen LogP contribution is 2.42. The van der Waals surface area contributed by atoms with Gasteiger partial charge in [0, 0.05) is 24.1 Å². The molecule has 0 fully saturated rings. The normalized spacial score (nSPS) is 17.8. The summed E-state index contributed by atoms with van der Waals surface area (Å²) >= 11 is 0. The van der Waals surface area contributed by atoms with Crippen LogP contribution in [0.1, 0.15) is 44.9 Å². The van der Waals surface area contributed by atoms with E-state index in [1.165, 1.54) is 30.3 Å². The molecule has 1 heterocycles. The molecule has 2 unspecified atom stereocenters. The average molecular weight is 350 g/mol. The number of rotatable bonds is 1. The van der Waals surface area contributed by atoms with Crippen molar-refractivity contribution in [1.29, 1.82) is 0 Å². The molecule has 1 aliphatic rings. The molecular formula is C19H26O6. The van der Waals surface area contributed by atoms with E-state index in [9.17, 15) is 25.5 Å². The highest BCUT2D eigenvalue weighted by molar-refractivity contribution is 5.52. The Bertz CT molecular complexity index is 699. The fourth-order valence-corrected chi connectivity index (χ4v) is 2.47. The topological polar surface area (TPSA) is 110 Å². The zero-order valence-corrected chi connectivity index (χ0v) is 14.9. The average Bonchev–Trinajstić information content (AvgIpc) is 2.61. The second kappa shape index (κ2) is 9.03. The summed E-state index contributed by atoms with van der Waals surface area (Å²) in [6, 6.07) is 6.67. The molecule has 0 aromatic heterocycles. The third-order valence-electron chi connectivity index (χ3n) is 3.51. The van der Waals surface area contributed by atoms with Crippen molar-refractivity contribution < 1.29 is 30.3 Å². The maximum absolute atomic E-state index is 10.2. The van der Waals surface area contributed by atoms with Gasteiger partial charge in [0.25, 0.3) is 0 Å². The first-order valence-corrected chi connectivity index (χ1v) is 8.37. The third kappa shape index (κ3) is 4.48. The number of fused-ring (bicyclic) bond motifs is 1. The van der Waals surface area contributed by atoms with Gasteiger partial charge in [-0.1, -0.05) is 33.8 Å². The van der Waals surface area contributed by atoms with E-state index in [4.69, 9.17) is 4.74 Å². The summed E-state index contributed by atoms with van der Waals surface area (Å²) in [5.74, 6) is -0.589. The standard InChI is InChI=1S/C15H14O6.2C2H6/c16-8-4-11(18)9-6-13(20)15(21-14(9)5-8)7-1-2-10(17)12(19)3-7;2*1-2/h1-5,13,15-20H,6H2;2*1-2H3. The molecule has 0 aliphatic carbocycles. The largest absolute Gasteiger partial charge is 0.508 e. The van der Waals surface area contributed by atoms with Gasteiger partial charge < -0.3 is 30.3 Å². The van der Waals surface area contributed by atoms with Crippen LogP contribution in [0, 0.1) is 0 Å². The summed E-state index contributed by atoms with van der Waals surface area (Å²) in [5, 5.41) is 48.3. The Hall–Kier alpha value is -2.60. The minimum atomic E-state index is -0.933. The monoisotopic (exact) mass is 350 g/mol. The van der Waals surface area contributed by atoms with Crippen molar-refractivity contribution in [3.63, 3.8) is 0 Å². The Morgan fingerprint density at radius 1 is 0.840 bits per heavy atom. The molecule has 3 rings (SSSR count). The van der Waals surface area contributed by atoms with Gasteiger partial charge in [0.2, 0.25) is 0 Å². The van der Waals surface area contributed by atoms with Gasteiger partial charge in [-0.25, -0.2) is 0 Å². The predicted octanol–water partition coefficient (Wildman–Crippen LogP) is 3.60. The van der Waals surface area contributed by atoms with Crippen LogP contribution in [0.2, 0.25) is 0 Å². The predicted molar refractivity (Wildman–Crippen MR) is 95.3 cm³/mol. The summed E-state index contributed by atoms with van der Waals surface area (Å²) in [6.07, 6.45) is -1.56. The van der Waals surface area contributed by atoms with Crippen molar-refractivity contribution in [2.24, 2.45) is 0 Å². The van der Waals surface area contributed by atoms with Crippen molar-refractivity contribution in [2.45, 2.75) is 46.3 Å². The lowest BCUT2D eigenvalue weighted by molar-refractivity contribution is 0.0197. The van der Waals surface area contributed by atoms with Crippen LogP contribution in [0.25, 0.3) is 0 Å². The van der Waals surface area contributed by atoms with Crippen LogP contribution in [-0.4, -0.2) is 31.6 Å². The van der Waals surface area contributed by atoms with E-state index in [2.05, 4.69) is 0 Å². The number of phenolic OH excluding ortho intramolecular Hbond substituents is 4. The maximum Gasteiger partial charge on any atom is 0.157 e. The van der Waals surface area contributed by atoms with Gasteiger partial charge in [-0.3, -0.25) is 0 Å². The van der Waals surface area contributed by atoms with Crippen LogP contribution >= 0.6 is 0 Å². The Balaban J connectivity index is 0.000000730. The van der Waals surface area contributed by atoms with E-state index in [0.717, 1.165) is 0 Å². The lowest BCUT2D eigenvalue weighted by atomic mass is 9.94. The summed E-state index contributed by atoms with van der Waals surface area (Å²) in [7, 11) is 0. The van der Waals surface area contributed by atoms with E-state index < -0.39 is 12.2 Å². The fraction of sp³-hybridized carbons (Fsp3) is 0.368. The second-order valence-electron chi connectivity index (χ2n) is 5.00. The van der Waals surface area contributed by atoms with Gasteiger partial charge in [-0.15, -0.1) is 0 Å². The van der Waals surface area contributed by atoms with E-state index >= 15 is 0 Å². The van der Waals surface area contributed by atoms with Crippen LogP contribution in [0.5, 0.6) is 28.7 Å². The Morgan fingerprint density at radius 2 is 1.48 bits per heavy atom. The highest BCUT2D eigenvalue weighted by Gasteiger charge is 2.32. The molecule has 0 saturated heterocycles. The van der Waals surface area contributed by atoms with Crippen LogP contribution in [-0.2, 0) is 6.42 Å². The number of hydrogen-bond acceptors (Lipinski definition) is 6. The Kier molecular flexibility index (Phi) is 7.39. The molecule has 0 spiro atoms. The first-order chi connectivity index (χ1) is 12.0. The lowest BCUT2D eigenvalue weighted by Crippen LogP contribution is -2.30. The van der Waals surface area contributed by atoms with Crippen LogP contribution in [0.15, 0.2) is 30.3 Å². The van der Waals surface area contributed by atoms with Crippen molar-refractivity contribution in [2.75, 3.05) is 0 Å². The minimum absolute atomic E-state index is 0.143. The van der Waals surface area contributed by atoms with Gasteiger partial charge >= 0.3 is 0 Å². The van der Waals surface area contributed by atoms with Gasteiger partial charge in [0.1, 0.15) is 23.4 Å². The van der Waals surface area contributed by atoms with E-state index in [1.54, 1.807) is 0 Å². The molecule has 6 heteroatoms. The molecule has 2 atom stereocenters. The van der Waals surface area contributed by atoms with Gasteiger partial charge in [0.15, 0.2) is 11.5 Å². The number of phenols is 4. The summed E-state index contributed by atoms with van der Waals surface area (Å²) in [5.41, 5.74) is 0.894. The van der Waals surface area contributed by atoms with E-state index in [0.29, 0.717) is 11.1 Å². The quantitative estimate of drug-likeness (QED) is 0.503. The van der Waals surface area contributed by atoms with Crippen LogP contribution in [0.3, 0.4) is 0 Å². The number of aliphatic hydroxyl groups excluding tert-OH is 1. The Labute approximate surface area is 147 Å². The smallest absolute Gasteiger partial charge is 0.157 e. The van der Waals surface area contributed by atoms with Crippen molar-refractivity contribution in [3.05, 3.63) is 41.5 Å². The Morgan fingerprint density at radius 3 is 2.08 bits per heavy atom. The molecule has 5 N–H and O–H groups in total. The van der Waals surface area contributed by atoms with Crippen LogP contribution in [0.4, 0.5) is 0 Å². The van der Waals surface area contributed by atoms with Crippen molar-refractivity contribution in [3.8, 4) is 28.7 Å². The first kappa shape index (κ1) is 20.4. The molecule has 0 bridgehead atoms. The lowest BCUT2D eigenvalue weighted by Gasteiger charge is -2.31. The third-order valence-corrected chi connectivity index (χ3v) is 3.51. The number of aliphatic hydroxyl groups is 1. The SMILES string of the molecule is CC.CC.Oc1cc(O)c2c(c1)OC(c1ccc(O)c(O)c1)C(O)C2. The maximum atomic E-state index is 10.2. The fourth-order valence-electron chi connectivity index (χ4n) is 2.47. The number of aromatic hydroxyl groups is 4. The number of benzene rings is 2. The molecule has 25 heavy (non-hydrogen) atoms. The first-order valence-electron chi connectivity index (χ1n) is 8.37. The van der Waals surface area contributed by atoms with Gasteiger partial charge in [-0.2, -0.15) is 0 Å². The molecule has 138 valence electrons. The molecule has 2 aromatic carbocycles. The molecular weight excluding hydrogens is 324 g/mol. The molecule has 6 nitrogen and oxygen atoms in total. The van der Waals surface area contributed by atoms with Gasteiger partial charge in [-0.05, 0) is 17.7 Å². The van der Waals surface area contributed by atoms with Crippen molar-refractivity contribution in [1.82, 2.24) is 0 Å². The zero-order chi connectivity index (χ0) is 19.1. The molecule has 2 aromatic rings. The molecule has 0 radical (unpaired) electrons. The molecule has 0 saturated carbocycles. The molecule has 0 amide bonds. The number of ether oxygens (including phenoxy) is 1. The van der Waals surface area contributed by atoms with Crippen molar-refractivity contribution >= 4 is 0 Å². The summed E-state index contributed by atoms with van der Waals surface area (Å²) < 4.78 is 5.62. The van der Waals surface area contributed by atoms with E-state index in [-0.39, 0.29) is 35.2 Å².